The van der Waals surface area contributed by atoms with Gasteiger partial charge < -0.3 is 4.42 Å². The zero-order valence-corrected chi connectivity index (χ0v) is 29.7. The van der Waals surface area contributed by atoms with Gasteiger partial charge in [-0.15, -0.1) is 0 Å². The molecule has 0 aliphatic carbocycles. The minimum atomic E-state index is 0.660. The summed E-state index contributed by atoms with van der Waals surface area (Å²) < 4.78 is 6.30. The van der Waals surface area contributed by atoms with Crippen molar-refractivity contribution in [3.05, 3.63) is 195 Å². The van der Waals surface area contributed by atoms with Crippen LogP contribution in [0.1, 0.15) is 0 Å². The highest BCUT2D eigenvalue weighted by Crippen LogP contribution is 2.39. The van der Waals surface area contributed by atoms with Crippen molar-refractivity contribution >= 4 is 21.9 Å². The Bertz CT molecular complexity index is 2840. The van der Waals surface area contributed by atoms with Gasteiger partial charge in [-0.1, -0.05) is 115 Å². The Hall–Kier alpha value is -7.50. The molecular formula is C50H32N4O. The van der Waals surface area contributed by atoms with E-state index in [1.807, 2.05) is 79.3 Å². The summed E-state index contributed by atoms with van der Waals surface area (Å²) in [5.41, 5.74) is 15.2. The van der Waals surface area contributed by atoms with Gasteiger partial charge in [-0.25, -0.2) is 9.97 Å². The van der Waals surface area contributed by atoms with Crippen molar-refractivity contribution in [3.63, 3.8) is 0 Å². The van der Waals surface area contributed by atoms with Crippen LogP contribution in [-0.2, 0) is 0 Å². The fraction of sp³-hybridized carbons (Fsp3) is 0. The summed E-state index contributed by atoms with van der Waals surface area (Å²) >= 11 is 0. The molecule has 0 spiro atoms. The third-order valence-electron chi connectivity index (χ3n) is 10.1. The highest BCUT2D eigenvalue weighted by Gasteiger charge is 2.18. The molecule has 0 aliphatic rings. The van der Waals surface area contributed by atoms with Gasteiger partial charge in [-0.05, 0) is 99.1 Å². The first kappa shape index (κ1) is 32.2. The standard InChI is InChI=1S/C50H32N4O/c1-2-8-38(9-3-1)50-53-45(31-46(54-50)43-12-6-14-48-49(43)44-11-4-5-13-47(44)55-48)42-29-40(35-19-15-33(16-20-35)37-23-26-51-27-24-37)28-41(30-42)36-21-17-34(18-22-36)39-10-7-25-52-32-39/h1-32H. The third-order valence-corrected chi connectivity index (χ3v) is 10.1. The number of nitrogens with zero attached hydrogens (tertiary/aromatic N) is 4. The van der Waals surface area contributed by atoms with E-state index >= 15 is 0 Å². The predicted molar refractivity (Wildman–Crippen MR) is 223 cm³/mol. The van der Waals surface area contributed by atoms with Crippen molar-refractivity contribution < 1.29 is 4.42 Å². The predicted octanol–water partition coefficient (Wildman–Crippen LogP) is 12.8. The third kappa shape index (κ3) is 6.24. The molecule has 10 aromatic rings. The molecule has 55 heavy (non-hydrogen) atoms. The fourth-order valence-corrected chi connectivity index (χ4v) is 7.33. The quantitative estimate of drug-likeness (QED) is 0.165. The van der Waals surface area contributed by atoms with E-state index in [1.54, 1.807) is 6.20 Å². The Balaban J connectivity index is 1.16. The van der Waals surface area contributed by atoms with Gasteiger partial charge in [-0.3, -0.25) is 9.97 Å². The Labute approximate surface area is 318 Å². The van der Waals surface area contributed by atoms with Crippen LogP contribution in [0.25, 0.3) is 100 Å². The summed E-state index contributed by atoms with van der Waals surface area (Å²) in [5, 5.41) is 2.10. The van der Waals surface area contributed by atoms with E-state index < -0.39 is 0 Å². The van der Waals surface area contributed by atoms with Crippen molar-refractivity contribution in [2.75, 3.05) is 0 Å². The van der Waals surface area contributed by atoms with Crippen LogP contribution in [0.4, 0.5) is 0 Å². The summed E-state index contributed by atoms with van der Waals surface area (Å²) in [4.78, 5) is 19.0. The summed E-state index contributed by atoms with van der Waals surface area (Å²) in [7, 11) is 0. The van der Waals surface area contributed by atoms with Gasteiger partial charge in [0.05, 0.1) is 11.4 Å². The Morgan fingerprint density at radius 3 is 1.64 bits per heavy atom. The van der Waals surface area contributed by atoms with Crippen LogP contribution in [0.3, 0.4) is 0 Å². The second-order valence-electron chi connectivity index (χ2n) is 13.5. The molecule has 6 aromatic carbocycles. The molecule has 0 saturated heterocycles. The number of pyridine rings is 2. The minimum absolute atomic E-state index is 0.660. The van der Waals surface area contributed by atoms with E-state index in [2.05, 4.69) is 119 Å². The summed E-state index contributed by atoms with van der Waals surface area (Å²) in [6, 6.07) is 59.0. The lowest BCUT2D eigenvalue weighted by Gasteiger charge is -2.14. The molecule has 5 nitrogen and oxygen atoms in total. The van der Waals surface area contributed by atoms with E-state index in [9.17, 15) is 0 Å². The first-order chi connectivity index (χ1) is 27.2. The second kappa shape index (κ2) is 13.8. The molecule has 0 atom stereocenters. The zero-order valence-electron chi connectivity index (χ0n) is 29.7. The summed E-state index contributed by atoms with van der Waals surface area (Å²) in [5.74, 6) is 0.660. The van der Waals surface area contributed by atoms with Crippen molar-refractivity contribution in [1.82, 2.24) is 19.9 Å². The molecule has 0 radical (unpaired) electrons. The molecule has 0 amide bonds. The van der Waals surface area contributed by atoms with E-state index in [0.29, 0.717) is 5.82 Å². The lowest BCUT2D eigenvalue weighted by Crippen LogP contribution is -1.97. The van der Waals surface area contributed by atoms with Gasteiger partial charge in [0.25, 0.3) is 0 Å². The molecule has 4 aromatic heterocycles. The monoisotopic (exact) mass is 704 g/mol. The van der Waals surface area contributed by atoms with Gasteiger partial charge in [-0.2, -0.15) is 0 Å². The lowest BCUT2D eigenvalue weighted by atomic mass is 9.93. The van der Waals surface area contributed by atoms with Crippen molar-refractivity contribution in [2.24, 2.45) is 0 Å². The molecular weight excluding hydrogens is 673 g/mol. The molecule has 0 saturated carbocycles. The van der Waals surface area contributed by atoms with Crippen LogP contribution in [0.5, 0.6) is 0 Å². The van der Waals surface area contributed by atoms with Crippen molar-refractivity contribution in [1.29, 1.82) is 0 Å². The van der Waals surface area contributed by atoms with Crippen LogP contribution < -0.4 is 0 Å². The van der Waals surface area contributed by atoms with Gasteiger partial charge in [0.2, 0.25) is 0 Å². The zero-order chi connectivity index (χ0) is 36.6. The molecule has 4 heterocycles. The van der Waals surface area contributed by atoms with Gasteiger partial charge in [0.1, 0.15) is 11.2 Å². The number of para-hydroxylation sites is 1. The highest BCUT2D eigenvalue weighted by molar-refractivity contribution is 6.12. The van der Waals surface area contributed by atoms with Gasteiger partial charge in [0.15, 0.2) is 5.82 Å². The number of aromatic nitrogens is 4. The maximum Gasteiger partial charge on any atom is 0.160 e. The van der Waals surface area contributed by atoms with Gasteiger partial charge >= 0.3 is 0 Å². The number of rotatable bonds is 7. The van der Waals surface area contributed by atoms with E-state index in [1.165, 1.54) is 0 Å². The normalized spacial score (nSPS) is 11.3. The second-order valence-corrected chi connectivity index (χ2v) is 13.5. The average Bonchev–Trinajstić information content (AvgIpc) is 3.66. The number of benzene rings is 6. The smallest absolute Gasteiger partial charge is 0.160 e. The average molecular weight is 705 g/mol. The van der Waals surface area contributed by atoms with Crippen LogP contribution in [0.15, 0.2) is 199 Å². The van der Waals surface area contributed by atoms with Crippen LogP contribution in [0, 0.1) is 0 Å². The number of hydrogen-bond acceptors (Lipinski definition) is 5. The maximum absolute atomic E-state index is 6.30. The lowest BCUT2D eigenvalue weighted by molar-refractivity contribution is 0.669. The summed E-state index contributed by atoms with van der Waals surface area (Å²) in [6.07, 6.45) is 7.35. The largest absolute Gasteiger partial charge is 0.456 e. The Kier molecular flexibility index (Phi) is 8.08. The molecule has 5 heteroatoms. The van der Waals surface area contributed by atoms with E-state index in [-0.39, 0.29) is 0 Å². The fourth-order valence-electron chi connectivity index (χ4n) is 7.33. The first-order valence-electron chi connectivity index (χ1n) is 18.3. The topological polar surface area (TPSA) is 64.7 Å². The Morgan fingerprint density at radius 1 is 0.345 bits per heavy atom. The number of furan rings is 1. The van der Waals surface area contributed by atoms with Crippen LogP contribution >= 0.6 is 0 Å². The molecule has 258 valence electrons. The number of fused-ring (bicyclic) bond motifs is 3. The summed E-state index contributed by atoms with van der Waals surface area (Å²) in [6.45, 7) is 0. The van der Waals surface area contributed by atoms with Gasteiger partial charge in [0, 0.05) is 52.3 Å². The first-order valence-corrected chi connectivity index (χ1v) is 18.3. The van der Waals surface area contributed by atoms with E-state index in [4.69, 9.17) is 14.4 Å². The number of hydrogen-bond donors (Lipinski definition) is 0. The maximum atomic E-state index is 6.30. The highest BCUT2D eigenvalue weighted by atomic mass is 16.3. The van der Waals surface area contributed by atoms with Crippen LogP contribution in [0.2, 0.25) is 0 Å². The molecule has 0 bridgehead atoms. The molecule has 10 rings (SSSR count). The molecule has 0 fully saturated rings. The van der Waals surface area contributed by atoms with Crippen molar-refractivity contribution in [3.8, 4) is 78.4 Å². The molecule has 0 N–H and O–H groups in total. The van der Waals surface area contributed by atoms with Crippen LogP contribution in [-0.4, -0.2) is 19.9 Å². The van der Waals surface area contributed by atoms with E-state index in [0.717, 1.165) is 94.5 Å². The SMILES string of the molecule is c1ccc(-c2nc(-c3cc(-c4ccc(-c5ccncc5)cc4)cc(-c4ccc(-c5cccnc5)cc4)c3)cc(-c3cccc4oc5ccccc5c34)n2)cc1. The molecule has 0 aliphatic heterocycles. The molecule has 0 unspecified atom stereocenters. The Morgan fingerprint density at radius 2 is 0.927 bits per heavy atom. The van der Waals surface area contributed by atoms with Crippen molar-refractivity contribution in [2.45, 2.75) is 0 Å². The minimum Gasteiger partial charge on any atom is -0.456 e.